The first kappa shape index (κ1) is 24.9. The van der Waals surface area contributed by atoms with Crippen molar-refractivity contribution in [3.63, 3.8) is 0 Å². The molecule has 3 aromatic carbocycles. The highest BCUT2D eigenvalue weighted by Gasteiger charge is 2.15. The number of ether oxygens (including phenoxy) is 1. The number of carbonyl (C=O) groups excluding carboxylic acids is 1. The minimum absolute atomic E-state index is 0.0936. The fourth-order valence-corrected chi connectivity index (χ4v) is 5.13. The monoisotopic (exact) mass is 514 g/mol. The zero-order valence-corrected chi connectivity index (χ0v) is 20.6. The van der Waals surface area contributed by atoms with Gasteiger partial charge in [-0.25, -0.2) is 12.8 Å². The number of amides is 1. The Balaban J connectivity index is 1.45. The number of anilines is 1. The number of methoxy groups -OCH3 is 1. The highest BCUT2D eigenvalue weighted by molar-refractivity contribution is 7.91. The lowest BCUT2D eigenvalue weighted by Gasteiger charge is -2.10. The summed E-state index contributed by atoms with van der Waals surface area (Å²) in [5, 5.41) is 3.95. The van der Waals surface area contributed by atoms with Gasteiger partial charge in [0, 0.05) is 25.5 Å². The molecule has 1 amide bonds. The maximum absolute atomic E-state index is 13.8. The molecule has 1 heterocycles. The van der Waals surface area contributed by atoms with Gasteiger partial charge in [0.2, 0.25) is 5.91 Å². The van der Waals surface area contributed by atoms with Gasteiger partial charge in [-0.05, 0) is 52.9 Å². The molecular formula is C26H24ClFN2O4S. The normalized spacial score (nSPS) is 11.6. The van der Waals surface area contributed by atoms with Gasteiger partial charge in [0.25, 0.3) is 0 Å². The van der Waals surface area contributed by atoms with Crippen LogP contribution in [0.2, 0.25) is 5.02 Å². The van der Waals surface area contributed by atoms with Crippen molar-refractivity contribution >= 4 is 43.9 Å². The Morgan fingerprint density at radius 2 is 1.86 bits per heavy atom. The number of nitrogens with one attached hydrogen (secondary N) is 1. The highest BCUT2D eigenvalue weighted by Crippen LogP contribution is 2.25. The molecule has 0 saturated heterocycles. The van der Waals surface area contributed by atoms with Crippen molar-refractivity contribution in [3.8, 4) is 0 Å². The van der Waals surface area contributed by atoms with Gasteiger partial charge in [-0.2, -0.15) is 0 Å². The second-order valence-electron chi connectivity index (χ2n) is 8.11. The van der Waals surface area contributed by atoms with Crippen LogP contribution in [0, 0.1) is 5.82 Å². The highest BCUT2D eigenvalue weighted by atomic mass is 35.5. The predicted molar refractivity (Wildman–Crippen MR) is 135 cm³/mol. The number of hydrogen-bond donors (Lipinski definition) is 1. The van der Waals surface area contributed by atoms with Crippen molar-refractivity contribution in [1.82, 2.24) is 4.57 Å². The Bertz CT molecular complexity index is 1470. The van der Waals surface area contributed by atoms with Crippen molar-refractivity contribution in [2.24, 2.45) is 0 Å². The summed E-state index contributed by atoms with van der Waals surface area (Å²) in [4.78, 5) is 12.8. The molecule has 0 saturated carbocycles. The van der Waals surface area contributed by atoms with E-state index in [1.165, 1.54) is 25.3 Å². The Kier molecular flexibility index (Phi) is 7.54. The smallest absolute Gasteiger partial charge is 0.228 e. The van der Waals surface area contributed by atoms with Crippen molar-refractivity contribution < 1.29 is 22.3 Å². The second-order valence-corrected chi connectivity index (χ2v) is 10.6. The molecule has 4 aromatic rings. The van der Waals surface area contributed by atoms with E-state index in [1.54, 1.807) is 24.3 Å². The zero-order valence-electron chi connectivity index (χ0n) is 19.0. The van der Waals surface area contributed by atoms with Crippen LogP contribution in [0.4, 0.5) is 10.1 Å². The Labute approximate surface area is 208 Å². The van der Waals surface area contributed by atoms with Gasteiger partial charge in [-0.3, -0.25) is 4.79 Å². The van der Waals surface area contributed by atoms with Crippen molar-refractivity contribution in [3.05, 3.63) is 94.9 Å². The van der Waals surface area contributed by atoms with E-state index in [9.17, 15) is 17.6 Å². The van der Waals surface area contributed by atoms with Gasteiger partial charge in [-0.15, -0.1) is 0 Å². The third kappa shape index (κ3) is 5.90. The molecular weight excluding hydrogens is 491 g/mol. The van der Waals surface area contributed by atoms with Gasteiger partial charge in [-0.1, -0.05) is 41.9 Å². The minimum atomic E-state index is -3.42. The van der Waals surface area contributed by atoms with E-state index in [-0.39, 0.29) is 34.6 Å². The van der Waals surface area contributed by atoms with Gasteiger partial charge >= 0.3 is 0 Å². The predicted octanol–water partition coefficient (Wildman–Crippen LogP) is 5.08. The molecule has 1 aromatic heterocycles. The zero-order chi connectivity index (χ0) is 25.0. The van der Waals surface area contributed by atoms with Crippen LogP contribution in [-0.2, 0) is 32.3 Å². The summed E-state index contributed by atoms with van der Waals surface area (Å²) in [5.41, 5.74) is 2.84. The van der Waals surface area contributed by atoms with E-state index in [1.807, 2.05) is 35.0 Å². The molecule has 182 valence electrons. The van der Waals surface area contributed by atoms with Crippen LogP contribution < -0.4 is 5.32 Å². The fourth-order valence-electron chi connectivity index (χ4n) is 3.77. The van der Waals surface area contributed by atoms with Crippen LogP contribution in [0.3, 0.4) is 0 Å². The number of hydrogen-bond acceptors (Lipinski definition) is 4. The molecule has 0 unspecified atom stereocenters. The standard InChI is InChI=1S/C26H24ClFN2O4S/c1-34-13-14-35(32,33)22-9-5-18(6-10-22)15-25(31)29-21-8-7-19-11-12-30(24(19)16-21)17-20-3-2-4-23(28)26(20)27/h2-12,16H,13-15,17H2,1H3,(H,29,31). The Morgan fingerprint density at radius 1 is 1.09 bits per heavy atom. The lowest BCUT2D eigenvalue weighted by molar-refractivity contribution is -0.115. The molecule has 0 fully saturated rings. The molecule has 9 heteroatoms. The number of rotatable bonds is 9. The molecule has 0 bridgehead atoms. The van der Waals surface area contributed by atoms with E-state index in [0.717, 1.165) is 10.9 Å². The molecule has 4 rings (SSSR count). The van der Waals surface area contributed by atoms with E-state index < -0.39 is 15.7 Å². The first-order chi connectivity index (χ1) is 16.8. The first-order valence-electron chi connectivity index (χ1n) is 10.9. The summed E-state index contributed by atoms with van der Waals surface area (Å²) in [6.07, 6.45) is 1.98. The molecule has 35 heavy (non-hydrogen) atoms. The van der Waals surface area contributed by atoms with Crippen LogP contribution in [0.1, 0.15) is 11.1 Å². The molecule has 0 spiro atoms. The van der Waals surface area contributed by atoms with E-state index >= 15 is 0 Å². The third-order valence-electron chi connectivity index (χ3n) is 5.63. The van der Waals surface area contributed by atoms with Gasteiger partial charge in [0.05, 0.1) is 34.2 Å². The van der Waals surface area contributed by atoms with Crippen molar-refractivity contribution in [2.45, 2.75) is 17.9 Å². The van der Waals surface area contributed by atoms with E-state index in [2.05, 4.69) is 5.32 Å². The summed E-state index contributed by atoms with van der Waals surface area (Å²) < 4.78 is 45.1. The number of nitrogens with zero attached hydrogens (tertiary/aromatic N) is 1. The third-order valence-corrected chi connectivity index (χ3v) is 7.75. The van der Waals surface area contributed by atoms with E-state index in [0.29, 0.717) is 23.4 Å². The number of benzene rings is 3. The molecule has 0 radical (unpaired) electrons. The van der Waals surface area contributed by atoms with Crippen LogP contribution in [0.5, 0.6) is 0 Å². The summed E-state index contributed by atoms with van der Waals surface area (Å²) in [6, 6.07) is 18.5. The van der Waals surface area contributed by atoms with Crippen LogP contribution in [-0.4, -0.2) is 38.4 Å². The first-order valence-corrected chi connectivity index (χ1v) is 12.9. The Hall–Kier alpha value is -3.20. The molecule has 0 atom stereocenters. The minimum Gasteiger partial charge on any atom is -0.384 e. The number of aromatic nitrogens is 1. The number of carbonyl (C=O) groups is 1. The SMILES string of the molecule is COCCS(=O)(=O)c1ccc(CC(=O)Nc2ccc3ccn(Cc4cccc(F)c4Cl)c3c2)cc1. The maximum Gasteiger partial charge on any atom is 0.228 e. The lowest BCUT2D eigenvalue weighted by atomic mass is 10.1. The molecule has 0 aliphatic heterocycles. The Morgan fingerprint density at radius 3 is 2.60 bits per heavy atom. The summed E-state index contributed by atoms with van der Waals surface area (Å²) >= 11 is 6.11. The van der Waals surface area contributed by atoms with Gasteiger partial charge < -0.3 is 14.6 Å². The molecule has 1 N–H and O–H groups in total. The number of sulfone groups is 1. The lowest BCUT2D eigenvalue weighted by Crippen LogP contribution is -2.15. The molecule has 0 aliphatic carbocycles. The summed E-state index contributed by atoms with van der Waals surface area (Å²) in [7, 11) is -1.97. The van der Waals surface area contributed by atoms with E-state index in [4.69, 9.17) is 16.3 Å². The topological polar surface area (TPSA) is 77.4 Å². The van der Waals surface area contributed by atoms with Gasteiger partial charge in [0.1, 0.15) is 5.82 Å². The second kappa shape index (κ2) is 10.6. The largest absolute Gasteiger partial charge is 0.384 e. The fraction of sp³-hybridized carbons (Fsp3) is 0.192. The number of fused-ring (bicyclic) bond motifs is 1. The quantitative estimate of drug-likeness (QED) is 0.338. The van der Waals surface area contributed by atoms with Crippen molar-refractivity contribution in [1.29, 1.82) is 0 Å². The van der Waals surface area contributed by atoms with Crippen LogP contribution in [0.25, 0.3) is 10.9 Å². The average Bonchev–Trinajstić information content (AvgIpc) is 3.23. The van der Waals surface area contributed by atoms with Gasteiger partial charge in [0.15, 0.2) is 9.84 Å². The molecule has 6 nitrogen and oxygen atoms in total. The van der Waals surface area contributed by atoms with Crippen LogP contribution in [0.15, 0.2) is 77.8 Å². The van der Waals surface area contributed by atoms with Crippen LogP contribution >= 0.6 is 11.6 Å². The maximum atomic E-state index is 13.8. The summed E-state index contributed by atoms with van der Waals surface area (Å²) in [6.45, 7) is 0.507. The average molecular weight is 515 g/mol. The number of halogens is 2. The van der Waals surface area contributed by atoms with Crippen molar-refractivity contribution in [2.75, 3.05) is 24.8 Å². The molecule has 0 aliphatic rings. The summed E-state index contributed by atoms with van der Waals surface area (Å²) in [5.74, 6) is -0.793.